The molecule has 0 spiro atoms. The number of thiocarbonyl (C=S) groups is 1. The molecule has 0 saturated carbocycles. The number of benzene rings is 2. The van der Waals surface area contributed by atoms with Gasteiger partial charge in [0.05, 0.1) is 20.6 Å². The van der Waals surface area contributed by atoms with Crippen LogP contribution < -0.4 is 15.5 Å². The molecule has 0 radical (unpaired) electrons. The molecule has 2 aromatic carbocycles. The van der Waals surface area contributed by atoms with Gasteiger partial charge in [-0.25, -0.2) is 0 Å². The van der Waals surface area contributed by atoms with Crippen molar-refractivity contribution >= 4 is 23.0 Å². The zero-order chi connectivity index (χ0) is 18.4. The first-order chi connectivity index (χ1) is 11.9. The highest BCUT2D eigenvalue weighted by Crippen LogP contribution is 2.14. The van der Waals surface area contributed by atoms with E-state index in [0.29, 0.717) is 11.2 Å². The van der Waals surface area contributed by atoms with E-state index < -0.39 is 0 Å². The SMILES string of the molecule is CCc1ccc([C@H](CNC(=S)Nc2ccc(C)c(C)c2)[NH+](C)C)cc1. The van der Waals surface area contributed by atoms with Gasteiger partial charge in [-0.05, 0) is 61.3 Å². The van der Waals surface area contributed by atoms with E-state index in [1.54, 1.807) is 0 Å². The second-order valence-electron chi connectivity index (χ2n) is 6.86. The molecule has 0 fully saturated rings. The molecule has 0 saturated heterocycles. The number of aryl methyl sites for hydroxylation is 3. The Kier molecular flexibility index (Phi) is 6.97. The Hall–Kier alpha value is -1.91. The number of quaternary nitrogens is 1. The highest BCUT2D eigenvalue weighted by atomic mass is 32.1. The standard InChI is InChI=1S/C21H29N3S/c1-6-17-8-10-18(11-9-17)20(24(4)5)14-22-21(25)23-19-12-7-15(2)16(3)13-19/h7-13,20H,6,14H2,1-5H3,(H2,22,23,25)/p+1/t20-/m0/s1. The molecule has 3 nitrogen and oxygen atoms in total. The summed E-state index contributed by atoms with van der Waals surface area (Å²) in [4.78, 5) is 1.38. The van der Waals surface area contributed by atoms with Crippen LogP contribution in [0.5, 0.6) is 0 Å². The maximum Gasteiger partial charge on any atom is 0.171 e. The van der Waals surface area contributed by atoms with Gasteiger partial charge in [-0.15, -0.1) is 0 Å². The van der Waals surface area contributed by atoms with Crippen LogP contribution >= 0.6 is 12.2 Å². The third-order valence-corrected chi connectivity index (χ3v) is 4.97. The van der Waals surface area contributed by atoms with Crippen molar-refractivity contribution in [1.29, 1.82) is 0 Å². The van der Waals surface area contributed by atoms with Crippen LogP contribution in [0.1, 0.15) is 35.2 Å². The first-order valence-corrected chi connectivity index (χ1v) is 9.32. The fourth-order valence-electron chi connectivity index (χ4n) is 2.83. The molecule has 2 aromatic rings. The fourth-order valence-corrected chi connectivity index (χ4v) is 3.03. The van der Waals surface area contributed by atoms with E-state index in [-0.39, 0.29) is 0 Å². The van der Waals surface area contributed by atoms with Crippen molar-refractivity contribution in [1.82, 2.24) is 5.32 Å². The summed E-state index contributed by atoms with van der Waals surface area (Å²) in [5.74, 6) is 0. The lowest BCUT2D eigenvalue weighted by Gasteiger charge is -2.23. The lowest BCUT2D eigenvalue weighted by Crippen LogP contribution is -3.07. The quantitative estimate of drug-likeness (QED) is 0.695. The Morgan fingerprint density at radius 3 is 2.28 bits per heavy atom. The van der Waals surface area contributed by atoms with Gasteiger partial charge in [0.25, 0.3) is 0 Å². The van der Waals surface area contributed by atoms with Gasteiger partial charge < -0.3 is 15.5 Å². The Morgan fingerprint density at radius 1 is 1.04 bits per heavy atom. The summed E-state index contributed by atoms with van der Waals surface area (Å²) in [6.45, 7) is 7.21. The first-order valence-electron chi connectivity index (χ1n) is 8.91. The van der Waals surface area contributed by atoms with Crippen LogP contribution in [-0.2, 0) is 6.42 Å². The van der Waals surface area contributed by atoms with Gasteiger partial charge in [-0.1, -0.05) is 37.3 Å². The minimum Gasteiger partial charge on any atom is -0.356 e. The second kappa shape index (κ2) is 8.97. The summed E-state index contributed by atoms with van der Waals surface area (Å²) in [6.07, 6.45) is 1.07. The summed E-state index contributed by atoms with van der Waals surface area (Å²) >= 11 is 5.48. The van der Waals surface area contributed by atoms with Crippen molar-refractivity contribution in [2.24, 2.45) is 0 Å². The largest absolute Gasteiger partial charge is 0.356 e. The van der Waals surface area contributed by atoms with Crippen LogP contribution in [0.2, 0.25) is 0 Å². The normalized spacial score (nSPS) is 12.1. The molecule has 0 aromatic heterocycles. The number of hydrogen-bond acceptors (Lipinski definition) is 1. The van der Waals surface area contributed by atoms with Crippen molar-refractivity contribution in [3.8, 4) is 0 Å². The predicted molar refractivity (Wildman–Crippen MR) is 112 cm³/mol. The minimum atomic E-state index is 0.352. The third-order valence-electron chi connectivity index (χ3n) is 4.72. The van der Waals surface area contributed by atoms with Crippen molar-refractivity contribution < 1.29 is 4.90 Å². The molecule has 0 amide bonds. The van der Waals surface area contributed by atoms with Gasteiger partial charge in [-0.2, -0.15) is 0 Å². The van der Waals surface area contributed by atoms with E-state index in [2.05, 4.69) is 88.0 Å². The highest BCUT2D eigenvalue weighted by molar-refractivity contribution is 7.80. The zero-order valence-electron chi connectivity index (χ0n) is 15.9. The van der Waals surface area contributed by atoms with Crippen LogP contribution in [-0.4, -0.2) is 25.8 Å². The lowest BCUT2D eigenvalue weighted by atomic mass is 10.0. The van der Waals surface area contributed by atoms with Crippen molar-refractivity contribution in [3.05, 3.63) is 64.7 Å². The zero-order valence-corrected chi connectivity index (χ0v) is 16.8. The third kappa shape index (κ3) is 5.55. The summed E-state index contributed by atoms with van der Waals surface area (Å²) in [7, 11) is 4.36. The minimum absolute atomic E-state index is 0.352. The van der Waals surface area contributed by atoms with Gasteiger partial charge in [0.15, 0.2) is 5.11 Å². The van der Waals surface area contributed by atoms with E-state index in [4.69, 9.17) is 12.2 Å². The fraction of sp³-hybridized carbons (Fsp3) is 0.381. The van der Waals surface area contributed by atoms with Gasteiger partial charge in [-0.3, -0.25) is 0 Å². The molecule has 0 unspecified atom stereocenters. The monoisotopic (exact) mass is 356 g/mol. The number of nitrogens with one attached hydrogen (secondary N) is 3. The Balaban J connectivity index is 1.97. The number of anilines is 1. The van der Waals surface area contributed by atoms with Gasteiger partial charge in [0, 0.05) is 11.3 Å². The van der Waals surface area contributed by atoms with Crippen LogP contribution in [0.25, 0.3) is 0 Å². The topological polar surface area (TPSA) is 28.5 Å². The Bertz CT molecular complexity index is 708. The second-order valence-corrected chi connectivity index (χ2v) is 7.27. The van der Waals surface area contributed by atoms with E-state index in [1.807, 2.05) is 0 Å². The molecule has 134 valence electrons. The average molecular weight is 357 g/mol. The van der Waals surface area contributed by atoms with E-state index >= 15 is 0 Å². The molecule has 0 heterocycles. The highest BCUT2D eigenvalue weighted by Gasteiger charge is 2.18. The summed E-state index contributed by atoms with van der Waals surface area (Å²) < 4.78 is 0. The molecule has 4 heteroatoms. The van der Waals surface area contributed by atoms with Gasteiger partial charge >= 0.3 is 0 Å². The predicted octanol–water partition coefficient (Wildman–Crippen LogP) is 3.04. The maximum absolute atomic E-state index is 5.48. The maximum atomic E-state index is 5.48. The molecule has 0 aliphatic rings. The number of hydrogen-bond donors (Lipinski definition) is 3. The molecular formula is C21H30N3S+. The van der Waals surface area contributed by atoms with E-state index in [0.717, 1.165) is 18.7 Å². The number of rotatable bonds is 6. The Labute approximate surface area is 157 Å². The molecule has 0 bridgehead atoms. The Morgan fingerprint density at radius 2 is 1.72 bits per heavy atom. The van der Waals surface area contributed by atoms with Crippen molar-refractivity contribution in [3.63, 3.8) is 0 Å². The van der Waals surface area contributed by atoms with E-state index in [9.17, 15) is 0 Å². The van der Waals surface area contributed by atoms with Crippen LogP contribution in [0, 0.1) is 13.8 Å². The molecule has 0 aliphatic heterocycles. The molecule has 1 atom stereocenters. The van der Waals surface area contributed by atoms with Crippen molar-refractivity contribution in [2.75, 3.05) is 26.0 Å². The van der Waals surface area contributed by atoms with Crippen LogP contribution in [0.15, 0.2) is 42.5 Å². The summed E-state index contributed by atoms with van der Waals surface area (Å²) in [5, 5.41) is 7.32. The van der Waals surface area contributed by atoms with Gasteiger partial charge in [0.2, 0.25) is 0 Å². The molecule has 25 heavy (non-hydrogen) atoms. The lowest BCUT2D eigenvalue weighted by molar-refractivity contribution is -0.890. The van der Waals surface area contributed by atoms with Crippen molar-refractivity contribution in [2.45, 2.75) is 33.2 Å². The number of likely N-dealkylation sites (N-methyl/N-ethyl adjacent to an activating group) is 1. The molecule has 2 rings (SSSR count). The van der Waals surface area contributed by atoms with Gasteiger partial charge in [0.1, 0.15) is 6.04 Å². The molecule has 0 aliphatic carbocycles. The summed E-state index contributed by atoms with van der Waals surface area (Å²) in [6, 6.07) is 15.6. The summed E-state index contributed by atoms with van der Waals surface area (Å²) in [5.41, 5.74) is 6.28. The van der Waals surface area contributed by atoms with Crippen LogP contribution in [0.4, 0.5) is 5.69 Å². The molecule has 3 N–H and O–H groups in total. The average Bonchev–Trinajstić information content (AvgIpc) is 2.58. The first kappa shape index (κ1) is 19.4. The van der Waals surface area contributed by atoms with Crippen LogP contribution in [0.3, 0.4) is 0 Å². The van der Waals surface area contributed by atoms with E-state index in [1.165, 1.54) is 27.2 Å². The molecular weight excluding hydrogens is 326 g/mol. The smallest absolute Gasteiger partial charge is 0.171 e.